The van der Waals surface area contributed by atoms with Gasteiger partial charge in [0.1, 0.15) is 0 Å². The van der Waals surface area contributed by atoms with Crippen LogP contribution in [-0.2, 0) is 0 Å². The first-order valence-electron chi connectivity index (χ1n) is 8.44. The van der Waals surface area contributed by atoms with Crippen LogP contribution in [0.15, 0.2) is 24.3 Å². The van der Waals surface area contributed by atoms with E-state index < -0.39 is 0 Å². The highest BCUT2D eigenvalue weighted by Gasteiger charge is 2.37. The van der Waals surface area contributed by atoms with Crippen molar-refractivity contribution in [3.63, 3.8) is 0 Å². The molecular weight excluding hydrogens is 258 g/mol. The molecule has 1 aromatic carbocycles. The van der Waals surface area contributed by atoms with E-state index >= 15 is 0 Å². The van der Waals surface area contributed by atoms with Crippen LogP contribution in [-0.4, -0.2) is 23.5 Å². The summed E-state index contributed by atoms with van der Waals surface area (Å²) < 4.78 is 0. The second kappa shape index (κ2) is 6.07. The smallest absolute Gasteiger partial charge is 0.0638 e. The molecule has 3 N–H and O–H groups in total. The Morgan fingerprint density at radius 2 is 1.90 bits per heavy atom. The van der Waals surface area contributed by atoms with Crippen LogP contribution in [0.2, 0.25) is 0 Å². The Morgan fingerprint density at radius 3 is 2.48 bits per heavy atom. The molecule has 3 nitrogen and oxygen atoms in total. The van der Waals surface area contributed by atoms with E-state index in [2.05, 4.69) is 48.4 Å². The van der Waals surface area contributed by atoms with Gasteiger partial charge in [-0.1, -0.05) is 30.7 Å². The van der Waals surface area contributed by atoms with Crippen molar-refractivity contribution in [1.29, 1.82) is 0 Å². The maximum absolute atomic E-state index is 5.95. The summed E-state index contributed by atoms with van der Waals surface area (Å²) in [6.45, 7) is 7.01. The van der Waals surface area contributed by atoms with Gasteiger partial charge in [-0.3, -0.25) is 16.2 Å². The van der Waals surface area contributed by atoms with Crippen LogP contribution < -0.4 is 11.3 Å². The first-order chi connectivity index (χ1) is 10.1. The number of likely N-dealkylation sites (tertiary alicyclic amines) is 1. The highest BCUT2D eigenvalue weighted by Crippen LogP contribution is 2.39. The fourth-order valence-electron chi connectivity index (χ4n) is 3.92. The summed E-state index contributed by atoms with van der Waals surface area (Å²) in [4.78, 5) is 2.58. The first-order valence-corrected chi connectivity index (χ1v) is 8.44. The van der Waals surface area contributed by atoms with E-state index in [0.717, 1.165) is 5.92 Å². The Morgan fingerprint density at radius 1 is 1.19 bits per heavy atom. The molecule has 1 aromatic rings. The van der Waals surface area contributed by atoms with E-state index in [4.69, 9.17) is 5.84 Å². The topological polar surface area (TPSA) is 41.3 Å². The number of nitrogens with one attached hydrogen (secondary N) is 1. The molecule has 0 spiro atoms. The molecule has 2 aliphatic rings. The number of hydrogen-bond acceptors (Lipinski definition) is 3. The maximum atomic E-state index is 5.95. The molecule has 1 saturated carbocycles. The quantitative estimate of drug-likeness (QED) is 0.645. The molecular formula is C18H29N3. The third kappa shape index (κ3) is 2.87. The first kappa shape index (κ1) is 15.0. The molecule has 2 fully saturated rings. The molecule has 116 valence electrons. The van der Waals surface area contributed by atoms with Gasteiger partial charge in [0.25, 0.3) is 0 Å². The Bertz CT molecular complexity index is 473. The van der Waals surface area contributed by atoms with Gasteiger partial charge >= 0.3 is 0 Å². The van der Waals surface area contributed by atoms with Gasteiger partial charge in [0.05, 0.1) is 6.04 Å². The van der Waals surface area contributed by atoms with Gasteiger partial charge in [0.2, 0.25) is 0 Å². The molecule has 1 atom stereocenters. The second-order valence-electron chi connectivity index (χ2n) is 7.25. The highest BCUT2D eigenvalue weighted by molar-refractivity contribution is 5.31. The molecule has 1 aliphatic carbocycles. The van der Waals surface area contributed by atoms with Gasteiger partial charge in [-0.15, -0.1) is 0 Å². The van der Waals surface area contributed by atoms with Gasteiger partial charge < -0.3 is 0 Å². The molecule has 0 amide bonds. The third-order valence-electron chi connectivity index (χ3n) is 5.61. The fourth-order valence-corrected chi connectivity index (χ4v) is 3.92. The minimum Gasteiger partial charge on any atom is -0.296 e. The van der Waals surface area contributed by atoms with E-state index in [1.807, 2.05) is 0 Å². The summed E-state index contributed by atoms with van der Waals surface area (Å²) in [6.07, 6.45) is 6.69. The molecule has 1 heterocycles. The van der Waals surface area contributed by atoms with Crippen LogP contribution in [0.5, 0.6) is 0 Å². The van der Waals surface area contributed by atoms with Crippen molar-refractivity contribution >= 4 is 0 Å². The monoisotopic (exact) mass is 287 g/mol. The molecule has 1 saturated heterocycles. The van der Waals surface area contributed by atoms with Crippen molar-refractivity contribution < 1.29 is 0 Å². The summed E-state index contributed by atoms with van der Waals surface area (Å²) in [5.74, 6) is 6.73. The number of nitrogens with two attached hydrogens (primary N) is 1. The Hall–Kier alpha value is -0.900. The molecule has 1 unspecified atom stereocenters. The number of hydrazine groups is 1. The normalized spacial score (nSPS) is 22.2. The summed E-state index contributed by atoms with van der Waals surface area (Å²) in [7, 11) is 0. The Labute approximate surface area is 128 Å². The van der Waals surface area contributed by atoms with Gasteiger partial charge in [-0.25, -0.2) is 0 Å². The fraction of sp³-hybridized carbons (Fsp3) is 0.667. The minimum atomic E-state index is 0.0451. The zero-order chi connectivity index (χ0) is 14.9. The zero-order valence-corrected chi connectivity index (χ0v) is 13.4. The van der Waals surface area contributed by atoms with Crippen LogP contribution in [0.25, 0.3) is 0 Å². The standard InChI is InChI=1S/C18H29N3/c1-18(2,21-11-3-4-12-21)17(20-19)16-10-6-9-15(13-16)14-7-5-8-14/h6,9-10,13-14,17,20H,3-5,7-8,11-12,19H2,1-2H3. The van der Waals surface area contributed by atoms with Crippen molar-refractivity contribution in [2.24, 2.45) is 5.84 Å². The van der Waals surface area contributed by atoms with Crippen molar-refractivity contribution in [2.75, 3.05) is 13.1 Å². The van der Waals surface area contributed by atoms with Crippen molar-refractivity contribution in [3.05, 3.63) is 35.4 Å². The number of hydrogen-bond donors (Lipinski definition) is 2. The van der Waals surface area contributed by atoms with E-state index in [0.29, 0.717) is 0 Å². The van der Waals surface area contributed by atoms with Gasteiger partial charge in [0.15, 0.2) is 0 Å². The van der Waals surface area contributed by atoms with E-state index in [-0.39, 0.29) is 11.6 Å². The molecule has 3 rings (SSSR count). The number of benzene rings is 1. The minimum absolute atomic E-state index is 0.0451. The molecule has 0 aromatic heterocycles. The van der Waals surface area contributed by atoms with E-state index in [9.17, 15) is 0 Å². The van der Waals surface area contributed by atoms with Gasteiger partial charge in [-0.05, 0) is 69.7 Å². The van der Waals surface area contributed by atoms with Crippen molar-refractivity contribution in [2.45, 2.75) is 63.5 Å². The SMILES string of the molecule is CC(C)(C(NN)c1cccc(C2CCC2)c1)N1CCCC1. The summed E-state index contributed by atoms with van der Waals surface area (Å²) in [6, 6.07) is 9.27. The van der Waals surface area contributed by atoms with Crippen LogP contribution in [0.4, 0.5) is 0 Å². The number of rotatable bonds is 5. The molecule has 1 aliphatic heterocycles. The lowest BCUT2D eigenvalue weighted by Crippen LogP contribution is -2.53. The molecule has 0 radical (unpaired) electrons. The van der Waals surface area contributed by atoms with E-state index in [1.165, 1.54) is 56.3 Å². The van der Waals surface area contributed by atoms with Crippen LogP contribution in [0, 0.1) is 0 Å². The molecule has 0 bridgehead atoms. The summed E-state index contributed by atoms with van der Waals surface area (Å²) in [5.41, 5.74) is 5.97. The van der Waals surface area contributed by atoms with Crippen LogP contribution >= 0.6 is 0 Å². The molecule has 3 heteroatoms. The van der Waals surface area contributed by atoms with Crippen molar-refractivity contribution in [3.8, 4) is 0 Å². The average molecular weight is 287 g/mol. The Balaban J connectivity index is 1.84. The lowest BCUT2D eigenvalue weighted by atomic mass is 9.78. The zero-order valence-electron chi connectivity index (χ0n) is 13.4. The summed E-state index contributed by atoms with van der Waals surface area (Å²) in [5, 5.41) is 0. The lowest BCUT2D eigenvalue weighted by Gasteiger charge is -2.42. The summed E-state index contributed by atoms with van der Waals surface area (Å²) >= 11 is 0. The lowest BCUT2D eigenvalue weighted by molar-refractivity contribution is 0.107. The van der Waals surface area contributed by atoms with Crippen LogP contribution in [0.3, 0.4) is 0 Å². The van der Waals surface area contributed by atoms with Gasteiger partial charge in [0, 0.05) is 5.54 Å². The Kier molecular flexibility index (Phi) is 4.34. The predicted molar refractivity (Wildman–Crippen MR) is 88.0 cm³/mol. The highest BCUT2D eigenvalue weighted by atomic mass is 15.3. The van der Waals surface area contributed by atoms with Gasteiger partial charge in [-0.2, -0.15) is 0 Å². The molecule has 21 heavy (non-hydrogen) atoms. The number of nitrogens with zero attached hydrogens (tertiary/aromatic N) is 1. The largest absolute Gasteiger partial charge is 0.296 e. The second-order valence-corrected chi connectivity index (χ2v) is 7.25. The predicted octanol–water partition coefficient (Wildman–Crippen LogP) is 3.33. The third-order valence-corrected chi connectivity index (χ3v) is 5.61. The average Bonchev–Trinajstić information content (AvgIpc) is 2.92. The van der Waals surface area contributed by atoms with Crippen molar-refractivity contribution in [1.82, 2.24) is 10.3 Å². The van der Waals surface area contributed by atoms with E-state index in [1.54, 1.807) is 0 Å². The maximum Gasteiger partial charge on any atom is 0.0638 e. The van der Waals surface area contributed by atoms with Crippen LogP contribution in [0.1, 0.15) is 69.0 Å².